The number of carbonyl (C=O) groups excluding carboxylic acids is 1. The van der Waals surface area contributed by atoms with Gasteiger partial charge in [0.25, 0.3) is 0 Å². The van der Waals surface area contributed by atoms with Gasteiger partial charge in [-0.05, 0) is 49.2 Å². The summed E-state index contributed by atoms with van der Waals surface area (Å²) in [5.41, 5.74) is 3.16. The van der Waals surface area contributed by atoms with Crippen LogP contribution in [0.3, 0.4) is 0 Å². The molecule has 178 valence electrons. The second kappa shape index (κ2) is 11.7. The SMILES string of the molecule is COc1ccc(CO[C@H]2C(=O)[C@@H](Sc3ccc(C)cc3)[C@H](OCc3ccccc3)O[C@H]2C)cc1. The molecule has 1 aliphatic rings. The van der Waals surface area contributed by atoms with Crippen molar-refractivity contribution in [3.63, 3.8) is 0 Å². The zero-order chi connectivity index (χ0) is 23.9. The molecule has 0 saturated carbocycles. The fourth-order valence-corrected chi connectivity index (χ4v) is 4.85. The molecular weight excluding hydrogens is 448 g/mol. The lowest BCUT2D eigenvalue weighted by atomic mass is 10.0. The first kappa shape index (κ1) is 24.5. The third-order valence-electron chi connectivity index (χ3n) is 5.71. The number of ketones is 1. The molecule has 1 fully saturated rings. The minimum atomic E-state index is -0.679. The number of benzene rings is 3. The zero-order valence-electron chi connectivity index (χ0n) is 19.7. The Labute approximate surface area is 205 Å². The fourth-order valence-electron chi connectivity index (χ4n) is 3.76. The Kier molecular flexibility index (Phi) is 8.40. The summed E-state index contributed by atoms with van der Waals surface area (Å²) in [5.74, 6) is 0.762. The van der Waals surface area contributed by atoms with Crippen LogP contribution in [0.2, 0.25) is 0 Å². The van der Waals surface area contributed by atoms with Crippen molar-refractivity contribution in [2.75, 3.05) is 7.11 Å². The van der Waals surface area contributed by atoms with Crippen LogP contribution in [0, 0.1) is 6.92 Å². The van der Waals surface area contributed by atoms with Crippen LogP contribution in [-0.2, 0) is 32.2 Å². The average Bonchev–Trinajstić information content (AvgIpc) is 2.86. The highest BCUT2D eigenvalue weighted by molar-refractivity contribution is 8.00. The number of aryl methyl sites for hydroxylation is 1. The van der Waals surface area contributed by atoms with Crippen LogP contribution in [0.4, 0.5) is 0 Å². The first-order valence-electron chi connectivity index (χ1n) is 11.4. The molecule has 5 nitrogen and oxygen atoms in total. The molecule has 0 aromatic heterocycles. The van der Waals surface area contributed by atoms with Crippen molar-refractivity contribution in [3.05, 3.63) is 95.6 Å². The molecule has 0 spiro atoms. The molecule has 0 amide bonds. The molecule has 0 bridgehead atoms. The van der Waals surface area contributed by atoms with Crippen molar-refractivity contribution < 1.29 is 23.7 Å². The molecule has 4 rings (SSSR count). The number of rotatable bonds is 9. The van der Waals surface area contributed by atoms with Gasteiger partial charge in [-0.25, -0.2) is 0 Å². The normalized spacial score (nSPS) is 22.5. The van der Waals surface area contributed by atoms with Gasteiger partial charge in [0.05, 0.1) is 26.4 Å². The maximum atomic E-state index is 13.6. The highest BCUT2D eigenvalue weighted by Gasteiger charge is 2.45. The van der Waals surface area contributed by atoms with Crippen LogP contribution in [0.1, 0.15) is 23.6 Å². The second-order valence-electron chi connectivity index (χ2n) is 8.34. The van der Waals surface area contributed by atoms with Crippen molar-refractivity contribution in [1.82, 2.24) is 0 Å². The lowest BCUT2D eigenvalue weighted by Crippen LogP contribution is -2.54. The smallest absolute Gasteiger partial charge is 0.182 e. The lowest BCUT2D eigenvalue weighted by Gasteiger charge is -2.38. The van der Waals surface area contributed by atoms with Gasteiger partial charge in [0.2, 0.25) is 0 Å². The Morgan fingerprint density at radius 1 is 0.853 bits per heavy atom. The Morgan fingerprint density at radius 2 is 1.50 bits per heavy atom. The Morgan fingerprint density at radius 3 is 2.18 bits per heavy atom. The Bertz CT molecular complexity index is 1050. The van der Waals surface area contributed by atoms with E-state index in [0.717, 1.165) is 21.8 Å². The molecule has 34 heavy (non-hydrogen) atoms. The van der Waals surface area contributed by atoms with Gasteiger partial charge in [-0.3, -0.25) is 4.79 Å². The summed E-state index contributed by atoms with van der Waals surface area (Å²) >= 11 is 1.46. The predicted molar refractivity (Wildman–Crippen MR) is 133 cm³/mol. The van der Waals surface area contributed by atoms with Gasteiger partial charge >= 0.3 is 0 Å². The third kappa shape index (κ3) is 6.27. The summed E-state index contributed by atoms with van der Waals surface area (Å²) in [6.45, 7) is 4.58. The first-order valence-corrected chi connectivity index (χ1v) is 12.2. The van der Waals surface area contributed by atoms with E-state index in [-0.39, 0.29) is 5.78 Å². The van der Waals surface area contributed by atoms with Gasteiger partial charge in [-0.15, -0.1) is 11.8 Å². The molecule has 1 heterocycles. The number of hydrogen-bond donors (Lipinski definition) is 0. The van der Waals surface area contributed by atoms with E-state index in [2.05, 4.69) is 0 Å². The van der Waals surface area contributed by atoms with Gasteiger partial charge in [0, 0.05) is 4.90 Å². The lowest BCUT2D eigenvalue weighted by molar-refractivity contribution is -0.221. The molecule has 0 N–H and O–H groups in total. The van der Waals surface area contributed by atoms with Crippen LogP contribution in [0.15, 0.2) is 83.8 Å². The molecule has 0 radical (unpaired) electrons. The topological polar surface area (TPSA) is 54.0 Å². The van der Waals surface area contributed by atoms with E-state index in [1.54, 1.807) is 7.11 Å². The van der Waals surface area contributed by atoms with E-state index in [1.165, 1.54) is 17.3 Å². The maximum Gasteiger partial charge on any atom is 0.182 e. The molecule has 6 heteroatoms. The molecular formula is C28H30O5S. The summed E-state index contributed by atoms with van der Waals surface area (Å²) < 4.78 is 23.6. The standard InChI is InChI=1S/C28H30O5S/c1-19-9-15-24(16-10-19)34-27-25(29)26(31-17-22-11-13-23(30-3)14-12-22)20(2)33-28(27)32-18-21-7-5-4-6-8-21/h4-16,20,26-28H,17-18H2,1-3H3/t20-,26+,27+,28+/m0/s1. The zero-order valence-corrected chi connectivity index (χ0v) is 20.5. The van der Waals surface area contributed by atoms with Crippen molar-refractivity contribution >= 4 is 17.5 Å². The summed E-state index contributed by atoms with van der Waals surface area (Å²) in [6.07, 6.45) is -1.78. The van der Waals surface area contributed by atoms with E-state index >= 15 is 0 Å². The number of carbonyl (C=O) groups is 1. The first-order chi connectivity index (χ1) is 16.5. The number of Topliss-reactive ketones (excluding diaryl/α,β-unsaturated/α-hetero) is 1. The molecule has 3 aromatic rings. The minimum Gasteiger partial charge on any atom is -0.497 e. The largest absolute Gasteiger partial charge is 0.497 e. The molecule has 0 aliphatic carbocycles. The molecule has 3 aromatic carbocycles. The monoisotopic (exact) mass is 478 g/mol. The van der Waals surface area contributed by atoms with E-state index in [0.29, 0.717) is 13.2 Å². The predicted octanol–water partition coefficient (Wildman–Crippen LogP) is 5.58. The molecule has 0 unspecified atom stereocenters. The quantitative estimate of drug-likeness (QED) is 0.400. The Hall–Kier alpha value is -2.64. The maximum absolute atomic E-state index is 13.6. The second-order valence-corrected chi connectivity index (χ2v) is 9.55. The van der Waals surface area contributed by atoms with Crippen molar-refractivity contribution in [2.24, 2.45) is 0 Å². The number of thioether (sulfide) groups is 1. The van der Waals surface area contributed by atoms with Gasteiger partial charge in [0.1, 0.15) is 17.1 Å². The Balaban J connectivity index is 1.48. The third-order valence-corrected chi connectivity index (χ3v) is 6.97. The van der Waals surface area contributed by atoms with E-state index in [4.69, 9.17) is 18.9 Å². The van der Waals surface area contributed by atoms with Crippen molar-refractivity contribution in [1.29, 1.82) is 0 Å². The van der Waals surface area contributed by atoms with Gasteiger partial charge in [0.15, 0.2) is 12.1 Å². The summed E-state index contributed by atoms with van der Waals surface area (Å²) in [6, 6.07) is 25.6. The van der Waals surface area contributed by atoms with Crippen molar-refractivity contribution in [2.45, 2.75) is 55.7 Å². The van der Waals surface area contributed by atoms with Crippen LogP contribution >= 0.6 is 11.8 Å². The van der Waals surface area contributed by atoms with Crippen molar-refractivity contribution in [3.8, 4) is 5.75 Å². The highest BCUT2D eigenvalue weighted by atomic mass is 32.2. The molecule has 4 atom stereocenters. The fraction of sp³-hybridized carbons (Fsp3) is 0.321. The van der Waals surface area contributed by atoms with E-state index in [9.17, 15) is 4.79 Å². The van der Waals surface area contributed by atoms with E-state index in [1.807, 2.05) is 92.7 Å². The molecule has 1 saturated heterocycles. The van der Waals surface area contributed by atoms with Gasteiger partial charge in [-0.1, -0.05) is 60.2 Å². The summed E-state index contributed by atoms with van der Waals surface area (Å²) in [7, 11) is 1.63. The minimum absolute atomic E-state index is 0.0177. The summed E-state index contributed by atoms with van der Waals surface area (Å²) in [5, 5.41) is -0.538. The van der Waals surface area contributed by atoms with Crippen LogP contribution < -0.4 is 4.74 Å². The molecule has 1 aliphatic heterocycles. The number of methoxy groups -OCH3 is 1. The average molecular weight is 479 g/mol. The van der Waals surface area contributed by atoms with Gasteiger partial charge < -0.3 is 18.9 Å². The van der Waals surface area contributed by atoms with Crippen LogP contribution in [0.5, 0.6) is 5.75 Å². The van der Waals surface area contributed by atoms with Crippen LogP contribution in [-0.4, -0.2) is 36.6 Å². The summed E-state index contributed by atoms with van der Waals surface area (Å²) in [4.78, 5) is 14.6. The van der Waals surface area contributed by atoms with Crippen LogP contribution in [0.25, 0.3) is 0 Å². The van der Waals surface area contributed by atoms with Gasteiger partial charge in [-0.2, -0.15) is 0 Å². The highest BCUT2D eigenvalue weighted by Crippen LogP contribution is 2.35. The number of ether oxygens (including phenoxy) is 4. The van der Waals surface area contributed by atoms with E-state index < -0.39 is 23.7 Å². The number of hydrogen-bond acceptors (Lipinski definition) is 6.